The number of azo groups is 1. The Balaban J connectivity index is 2.19. The molecule has 2 rings (SSSR count). The van der Waals surface area contributed by atoms with Crippen molar-refractivity contribution in [3.8, 4) is 17.2 Å². The van der Waals surface area contributed by atoms with Crippen molar-refractivity contribution in [2.75, 3.05) is 19.8 Å². The monoisotopic (exact) mass is 652 g/mol. The summed E-state index contributed by atoms with van der Waals surface area (Å²) in [6, 6.07) is 10.2. The Hall–Kier alpha value is -3.09. The van der Waals surface area contributed by atoms with E-state index in [9.17, 15) is 9.90 Å². The third-order valence-electron chi connectivity index (χ3n) is 8.44. The van der Waals surface area contributed by atoms with Crippen molar-refractivity contribution in [2.45, 2.75) is 156 Å². The molecule has 0 bridgehead atoms. The number of carboxylic acid groups (broad SMARTS) is 1. The SMILES string of the molecule is CCCCCCCCCOc1ccc(N=Nc2ccc(C(=O)O)cc2)c(OCCCCCCCCC)c1OCCCCCCCCC. The fourth-order valence-corrected chi connectivity index (χ4v) is 5.49. The van der Waals surface area contributed by atoms with Gasteiger partial charge in [0.05, 0.1) is 31.1 Å². The Labute approximate surface area is 285 Å². The first-order valence-electron chi connectivity index (χ1n) is 18.9. The first-order valence-corrected chi connectivity index (χ1v) is 18.9. The van der Waals surface area contributed by atoms with Gasteiger partial charge in [-0.2, -0.15) is 5.11 Å². The van der Waals surface area contributed by atoms with E-state index in [2.05, 4.69) is 31.0 Å². The summed E-state index contributed by atoms with van der Waals surface area (Å²) in [5.41, 5.74) is 1.36. The number of carboxylic acids is 1. The van der Waals surface area contributed by atoms with Crippen molar-refractivity contribution >= 4 is 17.3 Å². The van der Waals surface area contributed by atoms with E-state index in [1.54, 1.807) is 12.1 Å². The lowest BCUT2D eigenvalue weighted by Gasteiger charge is -2.18. The Bertz CT molecular complexity index is 1100. The number of aromatic carboxylic acids is 1. The summed E-state index contributed by atoms with van der Waals surface area (Å²) < 4.78 is 19.2. The molecule has 7 heteroatoms. The van der Waals surface area contributed by atoms with Crippen LogP contribution in [0.25, 0.3) is 0 Å². The normalized spacial score (nSPS) is 11.3. The number of hydrogen-bond acceptors (Lipinski definition) is 6. The zero-order chi connectivity index (χ0) is 33.8. The predicted molar refractivity (Wildman–Crippen MR) is 194 cm³/mol. The summed E-state index contributed by atoms with van der Waals surface area (Å²) in [4.78, 5) is 11.3. The zero-order valence-corrected chi connectivity index (χ0v) is 29.9. The fourth-order valence-electron chi connectivity index (χ4n) is 5.49. The van der Waals surface area contributed by atoms with Crippen LogP contribution in [0.2, 0.25) is 0 Å². The van der Waals surface area contributed by atoms with Crippen LogP contribution in [0.15, 0.2) is 46.6 Å². The maximum atomic E-state index is 11.3. The Morgan fingerprint density at radius 2 is 0.936 bits per heavy atom. The minimum absolute atomic E-state index is 0.214. The van der Waals surface area contributed by atoms with Gasteiger partial charge in [0.25, 0.3) is 0 Å². The molecule has 1 N–H and O–H groups in total. The summed E-state index contributed by atoms with van der Waals surface area (Å²) in [7, 11) is 0. The number of unbranched alkanes of at least 4 members (excludes halogenated alkanes) is 18. The van der Waals surface area contributed by atoms with Gasteiger partial charge < -0.3 is 19.3 Å². The van der Waals surface area contributed by atoms with E-state index in [1.165, 1.54) is 108 Å². The van der Waals surface area contributed by atoms with E-state index in [4.69, 9.17) is 14.2 Å². The fraction of sp³-hybridized carbons (Fsp3) is 0.675. The van der Waals surface area contributed by atoms with E-state index < -0.39 is 5.97 Å². The maximum absolute atomic E-state index is 11.3. The predicted octanol–water partition coefficient (Wildman–Crippen LogP) is 13.2. The van der Waals surface area contributed by atoms with E-state index in [-0.39, 0.29) is 5.56 Å². The van der Waals surface area contributed by atoms with Gasteiger partial charge >= 0.3 is 5.97 Å². The molecule has 47 heavy (non-hydrogen) atoms. The minimum atomic E-state index is -0.968. The molecular weight excluding hydrogens is 588 g/mol. The van der Waals surface area contributed by atoms with Crippen molar-refractivity contribution in [1.82, 2.24) is 0 Å². The van der Waals surface area contributed by atoms with Crippen LogP contribution >= 0.6 is 0 Å². The van der Waals surface area contributed by atoms with Gasteiger partial charge in [0.1, 0.15) is 5.69 Å². The molecule has 264 valence electrons. The Kier molecular flexibility index (Phi) is 23.0. The number of rotatable bonds is 30. The highest BCUT2D eigenvalue weighted by atomic mass is 16.5. The molecule has 0 aliphatic rings. The average Bonchev–Trinajstić information content (AvgIpc) is 3.08. The molecule has 2 aromatic rings. The molecule has 0 aromatic heterocycles. The number of carbonyl (C=O) groups is 1. The first-order chi connectivity index (χ1) is 23.1. The number of benzene rings is 2. The smallest absolute Gasteiger partial charge is 0.335 e. The second-order valence-corrected chi connectivity index (χ2v) is 12.7. The molecule has 0 atom stereocenters. The molecule has 0 radical (unpaired) electrons. The third kappa shape index (κ3) is 18.1. The average molecular weight is 653 g/mol. The number of nitrogens with zero attached hydrogens (tertiary/aromatic N) is 2. The molecule has 0 aliphatic carbocycles. The van der Waals surface area contributed by atoms with Crippen LogP contribution in [0, 0.1) is 0 Å². The quantitative estimate of drug-likeness (QED) is 0.0670. The Morgan fingerprint density at radius 3 is 1.40 bits per heavy atom. The second-order valence-electron chi connectivity index (χ2n) is 12.7. The van der Waals surface area contributed by atoms with Crippen molar-refractivity contribution < 1.29 is 24.1 Å². The first kappa shape index (κ1) is 40.1. The van der Waals surface area contributed by atoms with Crippen LogP contribution < -0.4 is 14.2 Å². The van der Waals surface area contributed by atoms with Gasteiger partial charge in [0, 0.05) is 0 Å². The van der Waals surface area contributed by atoms with Crippen molar-refractivity contribution in [1.29, 1.82) is 0 Å². The van der Waals surface area contributed by atoms with Gasteiger partial charge in [0.2, 0.25) is 5.75 Å². The molecule has 0 amide bonds. The molecule has 0 saturated carbocycles. The van der Waals surface area contributed by atoms with Crippen LogP contribution in [0.5, 0.6) is 17.2 Å². The highest BCUT2D eigenvalue weighted by Gasteiger charge is 2.19. The van der Waals surface area contributed by atoms with Crippen molar-refractivity contribution in [3.63, 3.8) is 0 Å². The lowest BCUT2D eigenvalue weighted by Crippen LogP contribution is -2.06. The summed E-state index contributed by atoms with van der Waals surface area (Å²) in [5.74, 6) is 0.907. The van der Waals surface area contributed by atoms with Gasteiger partial charge in [-0.15, -0.1) is 5.11 Å². The van der Waals surface area contributed by atoms with E-state index in [1.807, 2.05) is 12.1 Å². The molecule has 7 nitrogen and oxygen atoms in total. The molecule has 0 aliphatic heterocycles. The summed E-state index contributed by atoms with van der Waals surface area (Å²) >= 11 is 0. The summed E-state index contributed by atoms with van der Waals surface area (Å²) in [5, 5.41) is 18.2. The maximum Gasteiger partial charge on any atom is 0.335 e. The molecule has 0 saturated heterocycles. The highest BCUT2D eigenvalue weighted by Crippen LogP contribution is 2.45. The largest absolute Gasteiger partial charge is 0.490 e. The third-order valence-corrected chi connectivity index (χ3v) is 8.44. The van der Waals surface area contributed by atoms with E-state index in [0.29, 0.717) is 48.4 Å². The standard InChI is InChI=1S/C40H64N2O5/c1-4-7-10-13-16-19-22-31-45-37-30-29-36(42-41-35-27-25-34(26-28-35)40(43)44)38(46-32-23-20-17-14-11-8-5-2)39(37)47-33-24-21-18-15-12-9-6-3/h25-30H,4-24,31-33H2,1-3H3,(H,43,44). The van der Waals surface area contributed by atoms with Gasteiger partial charge in [-0.05, 0) is 55.7 Å². The van der Waals surface area contributed by atoms with E-state index in [0.717, 1.165) is 38.5 Å². The van der Waals surface area contributed by atoms with Gasteiger partial charge in [-0.3, -0.25) is 0 Å². The van der Waals surface area contributed by atoms with Crippen LogP contribution in [0.1, 0.15) is 166 Å². The van der Waals surface area contributed by atoms with Gasteiger partial charge in [0.15, 0.2) is 11.5 Å². The molecular formula is C40H64N2O5. The number of ether oxygens (including phenoxy) is 3. The van der Waals surface area contributed by atoms with Crippen molar-refractivity contribution in [2.24, 2.45) is 10.2 Å². The van der Waals surface area contributed by atoms with Crippen LogP contribution in [-0.2, 0) is 0 Å². The topological polar surface area (TPSA) is 89.7 Å². The lowest BCUT2D eigenvalue weighted by molar-refractivity contribution is 0.0697. The molecule has 0 heterocycles. The molecule has 2 aromatic carbocycles. The van der Waals surface area contributed by atoms with Crippen LogP contribution in [-0.4, -0.2) is 30.9 Å². The Morgan fingerprint density at radius 1 is 0.511 bits per heavy atom. The molecule has 0 spiro atoms. The van der Waals surface area contributed by atoms with Crippen molar-refractivity contribution in [3.05, 3.63) is 42.0 Å². The summed E-state index contributed by atoms with van der Waals surface area (Å²) in [6.07, 6.45) is 25.5. The lowest BCUT2D eigenvalue weighted by atomic mass is 10.1. The van der Waals surface area contributed by atoms with Gasteiger partial charge in [-0.1, -0.05) is 136 Å². The van der Waals surface area contributed by atoms with Crippen LogP contribution in [0.3, 0.4) is 0 Å². The van der Waals surface area contributed by atoms with Gasteiger partial charge in [-0.25, -0.2) is 4.79 Å². The second kappa shape index (κ2) is 26.9. The summed E-state index contributed by atoms with van der Waals surface area (Å²) in [6.45, 7) is 8.53. The zero-order valence-electron chi connectivity index (χ0n) is 29.9. The highest BCUT2D eigenvalue weighted by molar-refractivity contribution is 5.87. The minimum Gasteiger partial charge on any atom is -0.490 e. The molecule has 0 fully saturated rings. The van der Waals surface area contributed by atoms with Crippen LogP contribution in [0.4, 0.5) is 11.4 Å². The number of hydrogen-bond donors (Lipinski definition) is 1. The molecule has 0 unspecified atom stereocenters. The van der Waals surface area contributed by atoms with E-state index >= 15 is 0 Å².